The van der Waals surface area contributed by atoms with Crippen LogP contribution < -0.4 is 10.2 Å². The highest BCUT2D eigenvalue weighted by molar-refractivity contribution is 5.96. The van der Waals surface area contributed by atoms with E-state index in [2.05, 4.69) is 46.3 Å². The lowest BCUT2D eigenvalue weighted by Crippen LogP contribution is -2.49. The molecule has 0 aliphatic carbocycles. The number of aryl methyl sites for hydroxylation is 2. The Morgan fingerprint density at radius 1 is 0.897 bits per heavy atom. The molecule has 0 radical (unpaired) electrons. The largest absolute Gasteiger partial charge is 0.380 e. The number of nitriles is 2. The van der Waals surface area contributed by atoms with E-state index in [0.717, 1.165) is 48.6 Å². The highest BCUT2D eigenvalue weighted by atomic mass is 16.2. The molecule has 2 aliphatic heterocycles. The van der Waals surface area contributed by atoms with Gasteiger partial charge in [-0.1, -0.05) is 30.3 Å². The number of likely N-dealkylation sites (tertiary alicyclic amines) is 1. The summed E-state index contributed by atoms with van der Waals surface area (Å²) in [5.74, 6) is 0.0797. The van der Waals surface area contributed by atoms with Crippen molar-refractivity contribution in [2.24, 2.45) is 0 Å². The fourth-order valence-corrected chi connectivity index (χ4v) is 5.72. The van der Waals surface area contributed by atoms with Crippen molar-refractivity contribution < 1.29 is 4.79 Å². The molecule has 5 rings (SSSR count). The van der Waals surface area contributed by atoms with Crippen LogP contribution in [0.2, 0.25) is 0 Å². The van der Waals surface area contributed by atoms with Gasteiger partial charge in [-0.3, -0.25) is 9.69 Å². The van der Waals surface area contributed by atoms with Crippen LogP contribution in [0.25, 0.3) is 0 Å². The van der Waals surface area contributed by atoms with Crippen molar-refractivity contribution in [1.82, 2.24) is 9.80 Å². The van der Waals surface area contributed by atoms with Gasteiger partial charge in [-0.05, 0) is 67.3 Å². The lowest BCUT2D eigenvalue weighted by molar-refractivity contribution is 0.0746. The summed E-state index contributed by atoms with van der Waals surface area (Å²) in [5, 5.41) is 22.4. The molecule has 3 aromatic rings. The minimum Gasteiger partial charge on any atom is -0.380 e. The van der Waals surface area contributed by atoms with E-state index >= 15 is 0 Å². The SMILES string of the molecule is Cc1cc(C)c(C(=O)N2CCN(c3ccccc3C#N)CC2)cc1CN1CCC(Nc2ccccc2C#N)C1. The number of amides is 1. The number of benzene rings is 3. The first-order valence-corrected chi connectivity index (χ1v) is 13.6. The Hall–Kier alpha value is -4.33. The zero-order valence-electron chi connectivity index (χ0n) is 22.7. The van der Waals surface area contributed by atoms with E-state index in [4.69, 9.17) is 0 Å². The normalized spacial score (nSPS) is 17.5. The van der Waals surface area contributed by atoms with Crippen LogP contribution >= 0.6 is 0 Å². The summed E-state index contributed by atoms with van der Waals surface area (Å²) in [6, 6.07) is 24.4. The lowest BCUT2D eigenvalue weighted by Gasteiger charge is -2.36. The molecule has 2 heterocycles. The van der Waals surface area contributed by atoms with E-state index in [1.807, 2.05) is 60.4 Å². The third kappa shape index (κ3) is 5.74. The molecule has 2 saturated heterocycles. The Kier molecular flexibility index (Phi) is 7.81. The van der Waals surface area contributed by atoms with Gasteiger partial charge in [-0.15, -0.1) is 0 Å². The molecule has 0 saturated carbocycles. The number of carbonyl (C=O) groups excluding carboxylic acids is 1. The fourth-order valence-electron chi connectivity index (χ4n) is 5.72. The third-order valence-electron chi connectivity index (χ3n) is 7.92. The second kappa shape index (κ2) is 11.6. The van der Waals surface area contributed by atoms with Crippen molar-refractivity contribution in [3.05, 3.63) is 94.0 Å². The molecule has 0 spiro atoms. The van der Waals surface area contributed by atoms with Crippen LogP contribution in [0.4, 0.5) is 11.4 Å². The highest BCUT2D eigenvalue weighted by Gasteiger charge is 2.27. The Balaban J connectivity index is 1.23. The Morgan fingerprint density at radius 3 is 2.33 bits per heavy atom. The van der Waals surface area contributed by atoms with Crippen LogP contribution in [0.1, 0.15) is 44.6 Å². The van der Waals surface area contributed by atoms with E-state index in [-0.39, 0.29) is 11.9 Å². The number of anilines is 2. The van der Waals surface area contributed by atoms with Crippen LogP contribution in [0.5, 0.6) is 0 Å². The summed E-state index contributed by atoms with van der Waals surface area (Å²) in [4.78, 5) is 20.2. The van der Waals surface area contributed by atoms with Gasteiger partial charge in [0.05, 0.1) is 22.5 Å². The first-order valence-electron chi connectivity index (χ1n) is 13.6. The van der Waals surface area contributed by atoms with E-state index in [1.54, 1.807) is 0 Å². The molecule has 1 unspecified atom stereocenters. The summed E-state index contributed by atoms with van der Waals surface area (Å²) in [7, 11) is 0. The minimum absolute atomic E-state index is 0.0797. The van der Waals surface area contributed by atoms with Gasteiger partial charge in [0, 0.05) is 57.4 Å². The van der Waals surface area contributed by atoms with Gasteiger partial charge in [0.2, 0.25) is 0 Å². The quantitative estimate of drug-likeness (QED) is 0.509. The number of rotatable bonds is 6. The Bertz CT molecular complexity index is 1440. The van der Waals surface area contributed by atoms with Gasteiger partial charge in [-0.25, -0.2) is 0 Å². The van der Waals surface area contributed by atoms with Crippen LogP contribution in [0.3, 0.4) is 0 Å². The summed E-state index contributed by atoms with van der Waals surface area (Å²) in [6.45, 7) is 9.47. The van der Waals surface area contributed by atoms with E-state index < -0.39 is 0 Å². The van der Waals surface area contributed by atoms with Crippen LogP contribution in [0, 0.1) is 36.5 Å². The molecule has 3 aromatic carbocycles. The Labute approximate surface area is 230 Å². The van der Waals surface area contributed by atoms with E-state index in [1.165, 1.54) is 11.1 Å². The standard InChI is InChI=1S/C32H34N6O/c1-23-17-24(2)29(32(39)38-15-13-37(14-16-38)31-10-6-4-8-26(31)20-34)18-27(23)21-36-12-11-28(22-36)35-30-9-5-3-7-25(30)19-33/h3-10,17-18,28,35H,11-16,21-22H2,1-2H3. The number of para-hydroxylation sites is 2. The molecular formula is C32H34N6O. The Morgan fingerprint density at radius 2 is 1.59 bits per heavy atom. The molecule has 7 nitrogen and oxygen atoms in total. The van der Waals surface area contributed by atoms with Gasteiger partial charge in [0.25, 0.3) is 5.91 Å². The molecule has 39 heavy (non-hydrogen) atoms. The number of hydrogen-bond acceptors (Lipinski definition) is 6. The van der Waals surface area contributed by atoms with E-state index in [9.17, 15) is 15.3 Å². The van der Waals surface area contributed by atoms with E-state index in [0.29, 0.717) is 37.3 Å². The molecule has 1 amide bonds. The second-order valence-electron chi connectivity index (χ2n) is 10.5. The van der Waals surface area contributed by atoms with Crippen LogP contribution in [-0.2, 0) is 6.54 Å². The predicted octanol–water partition coefficient (Wildman–Crippen LogP) is 4.70. The summed E-state index contributed by atoms with van der Waals surface area (Å²) < 4.78 is 0. The molecular weight excluding hydrogens is 484 g/mol. The molecule has 2 aliphatic rings. The van der Waals surface area contributed by atoms with Crippen LogP contribution in [-0.4, -0.2) is 61.0 Å². The molecule has 0 bridgehead atoms. The van der Waals surface area contributed by atoms with Crippen molar-refractivity contribution in [2.45, 2.75) is 32.9 Å². The highest BCUT2D eigenvalue weighted by Crippen LogP contribution is 2.25. The maximum atomic E-state index is 13.6. The molecule has 1 N–H and O–H groups in total. The zero-order valence-corrected chi connectivity index (χ0v) is 22.7. The predicted molar refractivity (Wildman–Crippen MR) is 154 cm³/mol. The average Bonchev–Trinajstić information content (AvgIpc) is 3.41. The fraction of sp³-hybridized carbons (Fsp3) is 0.344. The maximum absolute atomic E-state index is 13.6. The number of nitrogens with one attached hydrogen (secondary N) is 1. The molecule has 0 aromatic heterocycles. The van der Waals surface area contributed by atoms with Crippen molar-refractivity contribution >= 4 is 17.3 Å². The topological polar surface area (TPSA) is 86.4 Å². The number of carbonyl (C=O) groups is 1. The maximum Gasteiger partial charge on any atom is 0.254 e. The first kappa shape index (κ1) is 26.3. The zero-order chi connectivity index (χ0) is 27.4. The van der Waals surface area contributed by atoms with Crippen molar-refractivity contribution in [3.63, 3.8) is 0 Å². The van der Waals surface area contributed by atoms with Crippen LogP contribution in [0.15, 0.2) is 60.7 Å². The molecule has 7 heteroatoms. The molecule has 198 valence electrons. The van der Waals surface area contributed by atoms with Gasteiger partial charge in [0.1, 0.15) is 12.1 Å². The summed E-state index contributed by atoms with van der Waals surface area (Å²) in [5.41, 5.74) is 7.34. The number of piperazine rings is 1. The summed E-state index contributed by atoms with van der Waals surface area (Å²) >= 11 is 0. The van der Waals surface area contributed by atoms with Gasteiger partial charge < -0.3 is 15.1 Å². The lowest BCUT2D eigenvalue weighted by atomic mass is 9.98. The number of nitrogens with zero attached hydrogens (tertiary/aromatic N) is 5. The van der Waals surface area contributed by atoms with Gasteiger partial charge in [0.15, 0.2) is 0 Å². The number of hydrogen-bond donors (Lipinski definition) is 1. The molecule has 1 atom stereocenters. The third-order valence-corrected chi connectivity index (χ3v) is 7.92. The van der Waals surface area contributed by atoms with Crippen molar-refractivity contribution in [3.8, 4) is 12.1 Å². The molecule has 2 fully saturated rings. The summed E-state index contributed by atoms with van der Waals surface area (Å²) in [6.07, 6.45) is 1.01. The monoisotopic (exact) mass is 518 g/mol. The van der Waals surface area contributed by atoms with Crippen molar-refractivity contribution in [2.75, 3.05) is 49.5 Å². The first-order chi connectivity index (χ1) is 19.0. The van der Waals surface area contributed by atoms with Gasteiger partial charge >= 0.3 is 0 Å². The minimum atomic E-state index is 0.0797. The smallest absolute Gasteiger partial charge is 0.254 e. The second-order valence-corrected chi connectivity index (χ2v) is 10.5. The van der Waals surface area contributed by atoms with Gasteiger partial charge in [-0.2, -0.15) is 10.5 Å². The average molecular weight is 519 g/mol. The van der Waals surface area contributed by atoms with Crippen molar-refractivity contribution in [1.29, 1.82) is 10.5 Å².